The normalized spacial score (nSPS) is 11.9. The largest absolute Gasteiger partial charge is 0.465 e. The first-order valence-electron chi connectivity index (χ1n) is 12.0. The van der Waals surface area contributed by atoms with Gasteiger partial charge in [0.25, 0.3) is 5.91 Å². The monoisotopic (exact) mass is 592 g/mol. The van der Waals surface area contributed by atoms with Gasteiger partial charge in [-0.05, 0) is 48.0 Å². The molecule has 0 unspecified atom stereocenters. The maximum atomic E-state index is 13.6. The highest BCUT2D eigenvalue weighted by Crippen LogP contribution is 2.42. The molecule has 1 heterocycles. The number of hydrogen-bond acceptors (Lipinski definition) is 6. The van der Waals surface area contributed by atoms with Gasteiger partial charge in [-0.1, -0.05) is 12.1 Å². The molecular weight excluding hydrogens is 568 g/mol. The lowest BCUT2D eigenvalue weighted by Gasteiger charge is -2.26. The highest BCUT2D eigenvalue weighted by Gasteiger charge is 2.32. The summed E-state index contributed by atoms with van der Waals surface area (Å²) in [4.78, 5) is 25.3. The van der Waals surface area contributed by atoms with Gasteiger partial charge < -0.3 is 14.5 Å². The molecule has 3 aromatic carbocycles. The Kier molecular flexibility index (Phi) is 8.11. The van der Waals surface area contributed by atoms with Crippen molar-refractivity contribution in [2.75, 3.05) is 31.3 Å². The second-order valence-electron chi connectivity index (χ2n) is 9.03. The van der Waals surface area contributed by atoms with E-state index in [-0.39, 0.29) is 44.7 Å². The number of esters is 1. The molecule has 13 heteroatoms. The van der Waals surface area contributed by atoms with Crippen molar-refractivity contribution in [1.29, 1.82) is 0 Å². The van der Waals surface area contributed by atoms with Crippen molar-refractivity contribution in [1.82, 2.24) is 5.32 Å². The fourth-order valence-electron chi connectivity index (χ4n) is 4.35. The van der Waals surface area contributed by atoms with Crippen LogP contribution in [0, 0.1) is 5.82 Å². The summed E-state index contributed by atoms with van der Waals surface area (Å²) < 4.78 is 90.2. The molecule has 0 saturated heterocycles. The number of halogens is 4. The molecule has 4 aromatic rings. The van der Waals surface area contributed by atoms with Gasteiger partial charge >= 0.3 is 12.1 Å². The number of benzene rings is 3. The number of ether oxygens (including phenoxy) is 1. The number of anilines is 1. The molecule has 0 aliphatic heterocycles. The highest BCUT2D eigenvalue weighted by molar-refractivity contribution is 7.92. The van der Waals surface area contributed by atoms with E-state index in [0.29, 0.717) is 9.87 Å². The molecular formula is C28H24F4N2O6S. The van der Waals surface area contributed by atoms with Crippen LogP contribution in [0.5, 0.6) is 0 Å². The van der Waals surface area contributed by atoms with Crippen molar-refractivity contribution in [2.24, 2.45) is 0 Å². The van der Waals surface area contributed by atoms with Crippen LogP contribution in [0.4, 0.5) is 23.2 Å². The van der Waals surface area contributed by atoms with Crippen LogP contribution in [0.2, 0.25) is 0 Å². The molecule has 0 aliphatic rings. The minimum absolute atomic E-state index is 0.00791. The number of furan rings is 1. The lowest BCUT2D eigenvalue weighted by Crippen LogP contribution is -2.33. The summed E-state index contributed by atoms with van der Waals surface area (Å²) in [6.45, 7) is -0.939. The van der Waals surface area contributed by atoms with E-state index in [2.05, 4.69) is 5.32 Å². The van der Waals surface area contributed by atoms with Crippen LogP contribution < -0.4 is 9.62 Å². The van der Waals surface area contributed by atoms with E-state index in [9.17, 15) is 35.6 Å². The van der Waals surface area contributed by atoms with Crippen molar-refractivity contribution >= 4 is 38.6 Å². The molecule has 1 N–H and O–H groups in total. The summed E-state index contributed by atoms with van der Waals surface area (Å²) in [6.07, 6.45) is -5.34. The zero-order chi connectivity index (χ0) is 30.1. The van der Waals surface area contributed by atoms with Gasteiger partial charge in [-0.2, -0.15) is 13.2 Å². The molecule has 1 amide bonds. The minimum atomic E-state index is -4.66. The summed E-state index contributed by atoms with van der Waals surface area (Å²) in [5.41, 5.74) is 0.648. The summed E-state index contributed by atoms with van der Waals surface area (Å²) >= 11 is 0. The Labute approximate surface area is 232 Å². The number of methoxy groups -OCH3 is 1. The Balaban J connectivity index is 2.08. The van der Waals surface area contributed by atoms with Gasteiger partial charge in [0.15, 0.2) is 0 Å². The van der Waals surface area contributed by atoms with Gasteiger partial charge in [0.1, 0.15) is 17.2 Å². The van der Waals surface area contributed by atoms with Crippen LogP contribution in [0.1, 0.15) is 27.1 Å². The Bertz CT molecular complexity index is 1730. The van der Waals surface area contributed by atoms with Crippen molar-refractivity contribution in [3.8, 4) is 22.5 Å². The Morgan fingerprint density at radius 3 is 2.29 bits per heavy atom. The average molecular weight is 593 g/mol. The smallest absolute Gasteiger partial charge is 0.390 e. The van der Waals surface area contributed by atoms with E-state index in [1.807, 2.05) is 0 Å². The first-order valence-corrected chi connectivity index (χ1v) is 13.9. The van der Waals surface area contributed by atoms with Gasteiger partial charge in [-0.15, -0.1) is 0 Å². The SMILES string of the molecule is CNC(=O)c1c(-c2ccc(F)cc2)oc2cc(N(CCC(F)(F)F)S(C)(=O)=O)c(-c3cccc(C(=O)OC)c3)cc12. The molecule has 0 bridgehead atoms. The van der Waals surface area contributed by atoms with Crippen LogP contribution in [0.15, 0.2) is 65.1 Å². The molecule has 0 spiro atoms. The third-order valence-electron chi connectivity index (χ3n) is 6.23. The van der Waals surface area contributed by atoms with E-state index >= 15 is 0 Å². The topological polar surface area (TPSA) is 106 Å². The van der Waals surface area contributed by atoms with Crippen molar-refractivity contribution < 1.29 is 44.7 Å². The lowest BCUT2D eigenvalue weighted by atomic mass is 9.97. The Morgan fingerprint density at radius 2 is 1.71 bits per heavy atom. The molecule has 8 nitrogen and oxygen atoms in total. The molecule has 0 fully saturated rings. The fourth-order valence-corrected chi connectivity index (χ4v) is 5.28. The molecule has 0 aliphatic carbocycles. The van der Waals surface area contributed by atoms with Crippen LogP contribution in [-0.2, 0) is 14.8 Å². The number of fused-ring (bicyclic) bond motifs is 1. The summed E-state index contributed by atoms with van der Waals surface area (Å²) in [5.74, 6) is -1.77. The number of carbonyl (C=O) groups is 2. The van der Waals surface area contributed by atoms with Crippen molar-refractivity contribution in [2.45, 2.75) is 12.6 Å². The molecule has 216 valence electrons. The van der Waals surface area contributed by atoms with E-state index in [0.717, 1.165) is 18.4 Å². The Morgan fingerprint density at radius 1 is 1.02 bits per heavy atom. The van der Waals surface area contributed by atoms with Crippen LogP contribution in [0.25, 0.3) is 33.4 Å². The molecule has 0 saturated carbocycles. The molecule has 1 aromatic heterocycles. The maximum absolute atomic E-state index is 13.6. The maximum Gasteiger partial charge on any atom is 0.390 e. The third kappa shape index (κ3) is 6.35. The van der Waals surface area contributed by atoms with Gasteiger partial charge in [0.05, 0.1) is 36.6 Å². The van der Waals surface area contributed by atoms with Gasteiger partial charge in [-0.25, -0.2) is 17.6 Å². The fraction of sp³-hybridized carbons (Fsp3) is 0.214. The number of nitrogens with zero attached hydrogens (tertiary/aromatic N) is 1. The molecule has 0 atom stereocenters. The highest BCUT2D eigenvalue weighted by atomic mass is 32.2. The predicted molar refractivity (Wildman–Crippen MR) is 145 cm³/mol. The van der Waals surface area contributed by atoms with Crippen LogP contribution in [-0.4, -0.2) is 53.4 Å². The van der Waals surface area contributed by atoms with Crippen LogP contribution in [0.3, 0.4) is 0 Å². The van der Waals surface area contributed by atoms with E-state index < -0.39 is 46.9 Å². The minimum Gasteiger partial charge on any atom is -0.465 e. The Hall–Kier alpha value is -4.39. The molecule has 41 heavy (non-hydrogen) atoms. The quantitative estimate of drug-likeness (QED) is 0.206. The summed E-state index contributed by atoms with van der Waals surface area (Å²) in [7, 11) is -1.72. The van der Waals surface area contributed by atoms with Crippen molar-refractivity contribution in [3.05, 3.63) is 77.6 Å². The number of alkyl halides is 3. The molecule has 0 radical (unpaired) electrons. The van der Waals surface area contributed by atoms with Crippen molar-refractivity contribution in [3.63, 3.8) is 0 Å². The molecule has 4 rings (SSSR count). The third-order valence-corrected chi connectivity index (χ3v) is 7.41. The van der Waals surface area contributed by atoms with E-state index in [4.69, 9.17) is 9.15 Å². The zero-order valence-corrected chi connectivity index (χ0v) is 22.8. The van der Waals surface area contributed by atoms with E-state index in [1.54, 1.807) is 0 Å². The predicted octanol–water partition coefficient (Wildman–Crippen LogP) is 5.77. The van der Waals surface area contributed by atoms with E-state index in [1.165, 1.54) is 62.7 Å². The number of nitrogens with one attached hydrogen (secondary N) is 1. The first kappa shape index (κ1) is 29.6. The van der Waals surface area contributed by atoms with Gasteiger partial charge in [-0.3, -0.25) is 9.10 Å². The summed E-state index contributed by atoms with van der Waals surface area (Å²) in [6, 6.07) is 13.6. The standard InChI is InChI=1S/C28H24F4N2O6S/c1-33-26(35)24-21-14-20(17-5-4-6-18(13-17)27(36)39-2)22(34(41(3,37)38)12-11-28(30,31)32)15-23(21)40-25(24)16-7-9-19(29)10-8-16/h4-10,13-15H,11-12H2,1-3H3,(H,33,35). The average Bonchev–Trinajstić information content (AvgIpc) is 3.29. The second-order valence-corrected chi connectivity index (χ2v) is 10.9. The number of hydrogen-bond donors (Lipinski definition) is 1. The van der Waals surface area contributed by atoms with Crippen LogP contribution >= 0.6 is 0 Å². The lowest BCUT2D eigenvalue weighted by molar-refractivity contribution is -0.131. The number of rotatable bonds is 8. The number of amides is 1. The number of carbonyl (C=O) groups excluding carboxylic acids is 2. The zero-order valence-electron chi connectivity index (χ0n) is 22.0. The number of sulfonamides is 1. The van der Waals surface area contributed by atoms with Gasteiger partial charge in [0.2, 0.25) is 10.0 Å². The summed E-state index contributed by atoms with van der Waals surface area (Å²) in [5, 5.41) is 2.71. The first-order chi connectivity index (χ1) is 19.2. The van der Waals surface area contributed by atoms with Gasteiger partial charge in [0, 0.05) is 36.2 Å². The second kappa shape index (κ2) is 11.2.